The van der Waals surface area contributed by atoms with Gasteiger partial charge in [-0.1, -0.05) is 0 Å². The standard InChI is InChI=1S/C18H29N5O8/c1-9(15(27)22-11(18(30)31)5-6-13(20)24)21-16(28)12-3-2-8-23(12)17(29)10(19)4-7-14(25)26/h9-12H,2-8,19H2,1H3,(H2,20,24)(H,21,28)(H,22,27)(H,25,26)(H,30,31). The summed E-state index contributed by atoms with van der Waals surface area (Å²) >= 11 is 0. The second-order valence-corrected chi connectivity index (χ2v) is 7.36. The van der Waals surface area contributed by atoms with Crippen molar-refractivity contribution >= 4 is 35.6 Å². The Kier molecular flexibility index (Phi) is 9.86. The molecular weight excluding hydrogens is 414 g/mol. The van der Waals surface area contributed by atoms with Gasteiger partial charge in [0.1, 0.15) is 18.1 Å². The molecule has 1 rings (SSSR count). The van der Waals surface area contributed by atoms with Gasteiger partial charge in [-0.25, -0.2) is 4.79 Å². The number of hydrogen-bond donors (Lipinski definition) is 6. The van der Waals surface area contributed by atoms with E-state index in [-0.39, 0.29) is 32.2 Å². The largest absolute Gasteiger partial charge is 0.481 e. The molecule has 1 saturated heterocycles. The topological polar surface area (TPSA) is 222 Å². The summed E-state index contributed by atoms with van der Waals surface area (Å²) in [4.78, 5) is 71.3. The third kappa shape index (κ3) is 8.20. The molecule has 0 aliphatic carbocycles. The van der Waals surface area contributed by atoms with Gasteiger partial charge in [-0.15, -0.1) is 0 Å². The van der Waals surface area contributed by atoms with Gasteiger partial charge in [-0.2, -0.15) is 0 Å². The van der Waals surface area contributed by atoms with E-state index in [1.54, 1.807) is 0 Å². The minimum atomic E-state index is -1.35. The van der Waals surface area contributed by atoms with Crippen molar-refractivity contribution in [1.82, 2.24) is 15.5 Å². The summed E-state index contributed by atoms with van der Waals surface area (Å²) in [6, 6.07) is -4.40. The number of nitrogens with two attached hydrogens (primary N) is 2. The maximum atomic E-state index is 12.6. The summed E-state index contributed by atoms with van der Waals surface area (Å²) in [5, 5.41) is 22.5. The summed E-state index contributed by atoms with van der Waals surface area (Å²) in [5.74, 6) is -5.09. The van der Waals surface area contributed by atoms with Gasteiger partial charge in [0, 0.05) is 19.4 Å². The summed E-state index contributed by atoms with van der Waals surface area (Å²) in [7, 11) is 0. The third-order valence-corrected chi connectivity index (χ3v) is 4.87. The molecule has 8 N–H and O–H groups in total. The van der Waals surface area contributed by atoms with Gasteiger partial charge >= 0.3 is 11.9 Å². The number of likely N-dealkylation sites (tertiary alicyclic amines) is 1. The van der Waals surface area contributed by atoms with Crippen molar-refractivity contribution in [3.8, 4) is 0 Å². The Labute approximate surface area is 178 Å². The first-order valence-electron chi connectivity index (χ1n) is 9.83. The van der Waals surface area contributed by atoms with Crippen LogP contribution in [0.15, 0.2) is 0 Å². The van der Waals surface area contributed by atoms with Gasteiger partial charge < -0.3 is 37.2 Å². The van der Waals surface area contributed by atoms with Gasteiger partial charge in [-0.3, -0.25) is 24.0 Å². The summed E-state index contributed by atoms with van der Waals surface area (Å²) in [6.45, 7) is 1.62. The van der Waals surface area contributed by atoms with Crippen molar-refractivity contribution < 1.29 is 39.0 Å². The highest BCUT2D eigenvalue weighted by atomic mass is 16.4. The van der Waals surface area contributed by atoms with E-state index in [9.17, 15) is 28.8 Å². The van der Waals surface area contributed by atoms with Crippen LogP contribution in [0.5, 0.6) is 0 Å². The Morgan fingerprint density at radius 3 is 2.26 bits per heavy atom. The van der Waals surface area contributed by atoms with Gasteiger partial charge in [0.25, 0.3) is 0 Å². The molecule has 174 valence electrons. The molecule has 31 heavy (non-hydrogen) atoms. The highest BCUT2D eigenvalue weighted by molar-refractivity contribution is 5.94. The molecule has 1 aliphatic heterocycles. The van der Waals surface area contributed by atoms with E-state index in [2.05, 4.69) is 10.6 Å². The first-order valence-corrected chi connectivity index (χ1v) is 9.83. The fourth-order valence-electron chi connectivity index (χ4n) is 3.13. The zero-order valence-corrected chi connectivity index (χ0v) is 17.2. The monoisotopic (exact) mass is 443 g/mol. The number of primary amides is 1. The Bertz CT molecular complexity index is 728. The Morgan fingerprint density at radius 2 is 1.71 bits per heavy atom. The molecule has 0 saturated carbocycles. The molecule has 1 heterocycles. The van der Waals surface area contributed by atoms with E-state index in [1.807, 2.05) is 0 Å². The first kappa shape index (κ1) is 25.8. The predicted molar refractivity (Wildman–Crippen MR) is 105 cm³/mol. The zero-order chi connectivity index (χ0) is 23.7. The molecule has 1 aliphatic rings. The first-order chi connectivity index (χ1) is 14.4. The van der Waals surface area contributed by atoms with Gasteiger partial charge in [0.05, 0.1) is 6.04 Å². The van der Waals surface area contributed by atoms with E-state index >= 15 is 0 Å². The lowest BCUT2D eigenvalue weighted by Gasteiger charge is -2.27. The summed E-state index contributed by atoms with van der Waals surface area (Å²) in [5.41, 5.74) is 10.7. The molecule has 0 bridgehead atoms. The van der Waals surface area contributed by atoms with Crippen LogP contribution >= 0.6 is 0 Å². The van der Waals surface area contributed by atoms with Gasteiger partial charge in [-0.05, 0) is 32.6 Å². The van der Waals surface area contributed by atoms with Crippen LogP contribution in [0.2, 0.25) is 0 Å². The maximum Gasteiger partial charge on any atom is 0.326 e. The Morgan fingerprint density at radius 1 is 1.06 bits per heavy atom. The quantitative estimate of drug-likeness (QED) is 0.187. The van der Waals surface area contributed by atoms with Crippen molar-refractivity contribution in [3.63, 3.8) is 0 Å². The number of carbonyl (C=O) groups is 6. The van der Waals surface area contributed by atoms with Gasteiger partial charge in [0.15, 0.2) is 0 Å². The van der Waals surface area contributed by atoms with Crippen LogP contribution in [0.3, 0.4) is 0 Å². The minimum absolute atomic E-state index is 0.0697. The van der Waals surface area contributed by atoms with Crippen molar-refractivity contribution in [2.24, 2.45) is 11.5 Å². The van der Waals surface area contributed by atoms with E-state index in [0.29, 0.717) is 12.8 Å². The molecule has 4 amide bonds. The molecule has 0 aromatic carbocycles. The molecule has 0 aromatic heterocycles. The van der Waals surface area contributed by atoms with Crippen LogP contribution in [0.4, 0.5) is 0 Å². The zero-order valence-electron chi connectivity index (χ0n) is 17.2. The molecule has 1 fully saturated rings. The average Bonchev–Trinajstić information content (AvgIpc) is 3.17. The molecule has 4 atom stereocenters. The number of carbonyl (C=O) groups excluding carboxylic acids is 4. The average molecular weight is 443 g/mol. The number of carboxylic acids is 2. The van der Waals surface area contributed by atoms with Crippen LogP contribution < -0.4 is 22.1 Å². The second kappa shape index (κ2) is 11.8. The molecule has 13 nitrogen and oxygen atoms in total. The minimum Gasteiger partial charge on any atom is -0.481 e. The lowest BCUT2D eigenvalue weighted by Crippen LogP contribution is -2.55. The number of amides is 4. The second-order valence-electron chi connectivity index (χ2n) is 7.36. The van der Waals surface area contributed by atoms with Crippen LogP contribution in [0.1, 0.15) is 45.4 Å². The number of hydrogen-bond acceptors (Lipinski definition) is 7. The number of nitrogens with one attached hydrogen (secondary N) is 2. The molecule has 0 aromatic rings. The van der Waals surface area contributed by atoms with E-state index in [1.165, 1.54) is 11.8 Å². The summed E-state index contributed by atoms with van der Waals surface area (Å²) in [6.07, 6.45) is 0.0860. The van der Waals surface area contributed by atoms with Crippen molar-refractivity contribution in [2.75, 3.05) is 6.54 Å². The number of aliphatic carboxylic acids is 2. The number of carboxylic acid groups (broad SMARTS) is 2. The molecule has 13 heteroatoms. The van der Waals surface area contributed by atoms with Crippen molar-refractivity contribution in [1.29, 1.82) is 0 Å². The highest BCUT2D eigenvalue weighted by Crippen LogP contribution is 2.19. The predicted octanol–water partition coefficient (Wildman–Crippen LogP) is -2.49. The SMILES string of the molecule is CC(NC(=O)C1CCCN1C(=O)C(N)CCC(=O)O)C(=O)NC(CCC(N)=O)C(=O)O. The Hall–Kier alpha value is -3.22. The smallest absolute Gasteiger partial charge is 0.326 e. The molecule has 0 spiro atoms. The van der Waals surface area contributed by atoms with Crippen molar-refractivity contribution in [2.45, 2.75) is 69.6 Å². The molecular formula is C18H29N5O8. The van der Waals surface area contributed by atoms with Crippen LogP contribution in [0.25, 0.3) is 0 Å². The number of nitrogens with zero attached hydrogens (tertiary/aromatic N) is 1. The lowest BCUT2D eigenvalue weighted by molar-refractivity contribution is -0.143. The fourth-order valence-corrected chi connectivity index (χ4v) is 3.13. The lowest BCUT2D eigenvalue weighted by atomic mass is 10.1. The van der Waals surface area contributed by atoms with Crippen molar-refractivity contribution in [3.05, 3.63) is 0 Å². The van der Waals surface area contributed by atoms with E-state index < -0.39 is 59.7 Å². The summed E-state index contributed by atoms with van der Waals surface area (Å²) < 4.78 is 0. The maximum absolute atomic E-state index is 12.6. The highest BCUT2D eigenvalue weighted by Gasteiger charge is 2.37. The normalized spacial score (nSPS) is 18.5. The molecule has 4 unspecified atom stereocenters. The van der Waals surface area contributed by atoms with Crippen LogP contribution in [0, 0.1) is 0 Å². The van der Waals surface area contributed by atoms with Crippen LogP contribution in [-0.4, -0.2) is 81.4 Å². The third-order valence-electron chi connectivity index (χ3n) is 4.87. The number of rotatable bonds is 12. The fraction of sp³-hybridized carbons (Fsp3) is 0.667. The van der Waals surface area contributed by atoms with E-state index in [4.69, 9.17) is 21.7 Å². The Balaban J connectivity index is 2.67. The molecule has 0 radical (unpaired) electrons. The van der Waals surface area contributed by atoms with E-state index in [0.717, 1.165) is 0 Å². The van der Waals surface area contributed by atoms with Gasteiger partial charge in [0.2, 0.25) is 23.6 Å². The van der Waals surface area contributed by atoms with Crippen LogP contribution in [-0.2, 0) is 28.8 Å².